The first-order valence-corrected chi connectivity index (χ1v) is 10.5. The van der Waals surface area contributed by atoms with Gasteiger partial charge in [0.25, 0.3) is 0 Å². The van der Waals surface area contributed by atoms with Gasteiger partial charge in [0.15, 0.2) is 0 Å². The number of ether oxygens (including phenoxy) is 2. The first-order valence-electron chi connectivity index (χ1n) is 10.5. The van der Waals surface area contributed by atoms with Crippen LogP contribution in [0.5, 0.6) is 11.5 Å². The Kier molecular flexibility index (Phi) is 9.84. The minimum Gasteiger partial charge on any atom is -0.497 e. The van der Waals surface area contributed by atoms with Crippen molar-refractivity contribution in [3.8, 4) is 22.6 Å². The van der Waals surface area contributed by atoms with Crippen molar-refractivity contribution < 1.29 is 14.3 Å². The largest absolute Gasteiger partial charge is 0.497 e. The molecule has 1 amide bonds. The molecular weight excluding hydrogens is 362 g/mol. The molecule has 0 fully saturated rings. The van der Waals surface area contributed by atoms with Crippen LogP contribution >= 0.6 is 0 Å². The van der Waals surface area contributed by atoms with Crippen molar-refractivity contribution in [3.05, 3.63) is 61.2 Å². The Balaban J connectivity index is 1.65. The molecule has 0 aromatic heterocycles. The highest BCUT2D eigenvalue weighted by Crippen LogP contribution is 2.24. The molecule has 0 aliphatic carbocycles. The lowest BCUT2D eigenvalue weighted by Gasteiger charge is -2.20. The summed E-state index contributed by atoms with van der Waals surface area (Å²) >= 11 is 0. The molecule has 0 bridgehead atoms. The summed E-state index contributed by atoms with van der Waals surface area (Å²) in [5, 5.41) is 0. The van der Waals surface area contributed by atoms with Gasteiger partial charge in [0.05, 0.1) is 13.7 Å². The number of rotatable bonds is 13. The summed E-state index contributed by atoms with van der Waals surface area (Å²) in [4.78, 5) is 13.6. The average Bonchev–Trinajstić information content (AvgIpc) is 2.77. The molecule has 0 saturated carbocycles. The van der Waals surface area contributed by atoms with Crippen molar-refractivity contribution in [2.24, 2.45) is 0 Å². The summed E-state index contributed by atoms with van der Waals surface area (Å²) in [5.74, 6) is 1.79. The van der Waals surface area contributed by atoms with Gasteiger partial charge >= 0.3 is 0 Å². The van der Waals surface area contributed by atoms with Crippen molar-refractivity contribution in [1.82, 2.24) is 4.90 Å². The molecule has 4 heteroatoms. The van der Waals surface area contributed by atoms with E-state index in [1.54, 1.807) is 7.11 Å². The standard InChI is InChI=1S/C25H33NO3/c1-4-18-26(25(27)5-2)19-8-6-7-9-20-29-24-16-12-22(13-17-24)21-10-14-23(28-3)15-11-21/h5,10-17H,2,4,6-9,18-20H2,1,3H3. The molecule has 2 aromatic rings. The summed E-state index contributed by atoms with van der Waals surface area (Å²) in [5.41, 5.74) is 2.31. The van der Waals surface area contributed by atoms with E-state index in [4.69, 9.17) is 9.47 Å². The van der Waals surface area contributed by atoms with Gasteiger partial charge in [-0.15, -0.1) is 0 Å². The Morgan fingerprint density at radius 2 is 1.48 bits per heavy atom. The summed E-state index contributed by atoms with van der Waals surface area (Å²) in [7, 11) is 1.67. The number of hydrogen-bond donors (Lipinski definition) is 0. The van der Waals surface area contributed by atoms with Crippen LogP contribution in [0.25, 0.3) is 11.1 Å². The van der Waals surface area contributed by atoms with Gasteiger partial charge in [-0.3, -0.25) is 4.79 Å². The summed E-state index contributed by atoms with van der Waals surface area (Å²) in [6, 6.07) is 16.2. The van der Waals surface area contributed by atoms with E-state index in [0.717, 1.165) is 67.8 Å². The number of unbranched alkanes of at least 4 members (excludes halogenated alkanes) is 3. The molecule has 0 aliphatic rings. The van der Waals surface area contributed by atoms with Gasteiger partial charge in [-0.05, 0) is 60.7 Å². The molecule has 0 unspecified atom stereocenters. The summed E-state index contributed by atoms with van der Waals surface area (Å²) in [6.07, 6.45) is 6.63. The smallest absolute Gasteiger partial charge is 0.245 e. The molecule has 0 spiro atoms. The highest BCUT2D eigenvalue weighted by molar-refractivity contribution is 5.86. The predicted octanol–water partition coefficient (Wildman–Crippen LogP) is 5.73. The second-order valence-corrected chi connectivity index (χ2v) is 7.04. The van der Waals surface area contributed by atoms with Crippen molar-refractivity contribution >= 4 is 5.91 Å². The monoisotopic (exact) mass is 395 g/mol. The normalized spacial score (nSPS) is 10.4. The van der Waals surface area contributed by atoms with Crippen LogP contribution in [0.1, 0.15) is 39.0 Å². The fourth-order valence-electron chi connectivity index (χ4n) is 3.21. The van der Waals surface area contributed by atoms with Crippen molar-refractivity contribution in [3.63, 3.8) is 0 Å². The Bertz CT molecular complexity index is 738. The van der Waals surface area contributed by atoms with Crippen LogP contribution in [0.4, 0.5) is 0 Å². The van der Waals surface area contributed by atoms with E-state index in [1.807, 2.05) is 29.2 Å². The van der Waals surface area contributed by atoms with Gasteiger partial charge in [0.1, 0.15) is 11.5 Å². The number of carbonyl (C=O) groups excluding carboxylic acids is 1. The molecule has 4 nitrogen and oxygen atoms in total. The first kappa shape index (κ1) is 22.5. The van der Waals surface area contributed by atoms with E-state index in [0.29, 0.717) is 6.61 Å². The molecular formula is C25H33NO3. The van der Waals surface area contributed by atoms with Crippen LogP contribution in [-0.2, 0) is 4.79 Å². The van der Waals surface area contributed by atoms with Gasteiger partial charge in [-0.2, -0.15) is 0 Å². The van der Waals surface area contributed by atoms with Gasteiger partial charge in [-0.25, -0.2) is 0 Å². The Morgan fingerprint density at radius 1 is 0.897 bits per heavy atom. The lowest BCUT2D eigenvalue weighted by Crippen LogP contribution is -2.31. The Labute approximate surface area is 175 Å². The van der Waals surface area contributed by atoms with Gasteiger partial charge in [-0.1, -0.05) is 50.6 Å². The molecule has 0 saturated heterocycles. The number of methoxy groups -OCH3 is 1. The quantitative estimate of drug-likeness (QED) is 0.321. The summed E-state index contributed by atoms with van der Waals surface area (Å²) < 4.78 is 11.1. The number of amides is 1. The fourth-order valence-corrected chi connectivity index (χ4v) is 3.21. The maximum absolute atomic E-state index is 11.8. The molecule has 0 N–H and O–H groups in total. The summed E-state index contributed by atoms with van der Waals surface area (Å²) in [6.45, 7) is 8.00. The molecule has 29 heavy (non-hydrogen) atoms. The van der Waals surface area contributed by atoms with Crippen molar-refractivity contribution in [2.45, 2.75) is 39.0 Å². The number of benzene rings is 2. The highest BCUT2D eigenvalue weighted by Gasteiger charge is 2.07. The lowest BCUT2D eigenvalue weighted by atomic mass is 10.1. The molecule has 2 aromatic carbocycles. The predicted molar refractivity (Wildman–Crippen MR) is 119 cm³/mol. The zero-order chi connectivity index (χ0) is 20.9. The lowest BCUT2D eigenvalue weighted by molar-refractivity contribution is -0.126. The molecule has 0 radical (unpaired) electrons. The van der Waals surface area contributed by atoms with E-state index < -0.39 is 0 Å². The van der Waals surface area contributed by atoms with Gasteiger partial charge in [0.2, 0.25) is 5.91 Å². The first-order chi connectivity index (χ1) is 14.2. The van der Waals surface area contributed by atoms with Crippen molar-refractivity contribution in [1.29, 1.82) is 0 Å². The van der Waals surface area contributed by atoms with Crippen LogP contribution in [0, 0.1) is 0 Å². The maximum Gasteiger partial charge on any atom is 0.245 e. The van der Waals surface area contributed by atoms with Gasteiger partial charge in [0, 0.05) is 13.1 Å². The Morgan fingerprint density at radius 3 is 2.03 bits per heavy atom. The van der Waals surface area contributed by atoms with Crippen LogP contribution in [-0.4, -0.2) is 37.6 Å². The zero-order valence-electron chi connectivity index (χ0n) is 17.7. The number of carbonyl (C=O) groups is 1. The second-order valence-electron chi connectivity index (χ2n) is 7.04. The minimum absolute atomic E-state index is 0.0354. The van der Waals surface area contributed by atoms with Crippen LogP contribution in [0.15, 0.2) is 61.2 Å². The van der Waals surface area contributed by atoms with E-state index >= 15 is 0 Å². The molecule has 0 heterocycles. The third kappa shape index (κ3) is 7.65. The van der Waals surface area contributed by atoms with E-state index in [9.17, 15) is 4.79 Å². The minimum atomic E-state index is 0.0354. The van der Waals surface area contributed by atoms with Crippen LogP contribution in [0.3, 0.4) is 0 Å². The maximum atomic E-state index is 11.8. The van der Waals surface area contributed by atoms with E-state index in [2.05, 4.69) is 37.8 Å². The van der Waals surface area contributed by atoms with Crippen LogP contribution < -0.4 is 9.47 Å². The SMILES string of the molecule is C=CC(=O)N(CCC)CCCCCCOc1ccc(-c2ccc(OC)cc2)cc1. The van der Waals surface area contributed by atoms with Gasteiger partial charge < -0.3 is 14.4 Å². The number of hydrogen-bond acceptors (Lipinski definition) is 3. The average molecular weight is 396 g/mol. The number of nitrogens with zero attached hydrogens (tertiary/aromatic N) is 1. The highest BCUT2D eigenvalue weighted by atomic mass is 16.5. The Hall–Kier alpha value is -2.75. The molecule has 0 atom stereocenters. The topological polar surface area (TPSA) is 38.8 Å². The third-order valence-electron chi connectivity index (χ3n) is 4.85. The van der Waals surface area contributed by atoms with Crippen LogP contribution in [0.2, 0.25) is 0 Å². The van der Waals surface area contributed by atoms with Crippen molar-refractivity contribution in [2.75, 3.05) is 26.8 Å². The van der Waals surface area contributed by atoms with E-state index in [1.165, 1.54) is 6.08 Å². The third-order valence-corrected chi connectivity index (χ3v) is 4.85. The molecule has 156 valence electrons. The second kappa shape index (κ2) is 12.7. The molecule has 2 rings (SSSR count). The zero-order valence-corrected chi connectivity index (χ0v) is 17.7. The van der Waals surface area contributed by atoms with E-state index in [-0.39, 0.29) is 5.91 Å². The molecule has 0 aliphatic heterocycles. The fraction of sp³-hybridized carbons (Fsp3) is 0.400.